The molecular weight excluding hydrogens is 310 g/mol. The molecule has 1 fully saturated rings. The van der Waals surface area contributed by atoms with E-state index in [9.17, 15) is 4.79 Å². The van der Waals surface area contributed by atoms with Crippen LogP contribution in [-0.4, -0.2) is 73.1 Å². The molecule has 128 valence electrons. The molecule has 0 aromatic carbocycles. The topological polar surface area (TPSA) is 52.6 Å². The van der Waals surface area contributed by atoms with E-state index in [0.29, 0.717) is 5.95 Å². The van der Waals surface area contributed by atoms with Gasteiger partial charge in [0.15, 0.2) is 0 Å². The second-order valence-electron chi connectivity index (χ2n) is 6.71. The summed E-state index contributed by atoms with van der Waals surface area (Å²) in [5, 5.41) is 0. The number of hydrogen-bond acceptors (Lipinski definition) is 6. The van der Waals surface area contributed by atoms with E-state index in [2.05, 4.69) is 14.9 Å². The molecule has 0 aliphatic carbocycles. The van der Waals surface area contributed by atoms with Gasteiger partial charge in [0.1, 0.15) is 5.82 Å². The van der Waals surface area contributed by atoms with Crippen molar-refractivity contribution in [1.29, 1.82) is 0 Å². The summed E-state index contributed by atoms with van der Waals surface area (Å²) in [6.07, 6.45) is 3.83. The lowest BCUT2D eigenvalue weighted by molar-refractivity contribution is -0.139. The largest absolute Gasteiger partial charge is 0.353 e. The Labute approximate surface area is 143 Å². The van der Waals surface area contributed by atoms with Gasteiger partial charge in [0.05, 0.1) is 5.41 Å². The van der Waals surface area contributed by atoms with E-state index in [1.807, 2.05) is 50.1 Å². The molecule has 2 heterocycles. The smallest absolute Gasteiger partial charge is 0.229 e. The predicted octanol–water partition coefficient (Wildman–Crippen LogP) is 1.58. The van der Waals surface area contributed by atoms with Crippen molar-refractivity contribution >= 4 is 29.4 Å². The van der Waals surface area contributed by atoms with Crippen LogP contribution in [0, 0.1) is 5.41 Å². The van der Waals surface area contributed by atoms with Gasteiger partial charge < -0.3 is 14.7 Å². The maximum atomic E-state index is 12.7. The molecule has 23 heavy (non-hydrogen) atoms. The standard InChI is InChI=1S/C16H27N5OS/c1-16(2,12-23-5)14(22)21-10-8-20(9-11-21)13-6-7-17-15(18-13)19(3)4/h6-7H,8-12H2,1-5H3. The molecule has 0 bridgehead atoms. The van der Waals surface area contributed by atoms with Crippen molar-refractivity contribution in [3.63, 3.8) is 0 Å². The van der Waals surface area contributed by atoms with Crippen LogP contribution in [-0.2, 0) is 4.79 Å². The number of piperazine rings is 1. The van der Waals surface area contributed by atoms with Crippen LogP contribution >= 0.6 is 11.8 Å². The third kappa shape index (κ3) is 4.28. The lowest BCUT2D eigenvalue weighted by atomic mass is 9.94. The van der Waals surface area contributed by atoms with Crippen molar-refractivity contribution in [2.24, 2.45) is 5.41 Å². The number of nitrogens with zero attached hydrogens (tertiary/aromatic N) is 5. The first-order valence-electron chi connectivity index (χ1n) is 7.89. The van der Waals surface area contributed by atoms with E-state index in [-0.39, 0.29) is 11.3 Å². The van der Waals surface area contributed by atoms with E-state index in [1.54, 1.807) is 18.0 Å². The number of aromatic nitrogens is 2. The van der Waals surface area contributed by atoms with E-state index < -0.39 is 0 Å². The second kappa shape index (κ2) is 7.38. The number of thioether (sulfide) groups is 1. The zero-order valence-corrected chi connectivity index (χ0v) is 15.6. The quantitative estimate of drug-likeness (QED) is 0.813. The summed E-state index contributed by atoms with van der Waals surface area (Å²) in [4.78, 5) is 27.6. The minimum Gasteiger partial charge on any atom is -0.353 e. The van der Waals surface area contributed by atoms with Crippen LogP contribution < -0.4 is 9.80 Å². The molecule has 1 aliphatic rings. The van der Waals surface area contributed by atoms with Crippen LogP contribution in [0.5, 0.6) is 0 Å². The Kier molecular flexibility index (Phi) is 5.73. The van der Waals surface area contributed by atoms with Gasteiger partial charge in [-0.1, -0.05) is 13.8 Å². The number of rotatable bonds is 5. The number of hydrogen-bond donors (Lipinski definition) is 0. The third-order valence-corrected chi connectivity index (χ3v) is 5.01. The van der Waals surface area contributed by atoms with Crippen molar-refractivity contribution in [3.05, 3.63) is 12.3 Å². The van der Waals surface area contributed by atoms with Crippen LogP contribution in [0.15, 0.2) is 12.3 Å². The van der Waals surface area contributed by atoms with Gasteiger partial charge in [0, 0.05) is 52.2 Å². The highest BCUT2D eigenvalue weighted by Crippen LogP contribution is 2.25. The van der Waals surface area contributed by atoms with Gasteiger partial charge in [-0.2, -0.15) is 16.7 Å². The summed E-state index contributed by atoms with van der Waals surface area (Å²) < 4.78 is 0. The summed E-state index contributed by atoms with van der Waals surface area (Å²) in [6.45, 7) is 7.18. The van der Waals surface area contributed by atoms with Gasteiger partial charge in [-0.25, -0.2) is 4.98 Å². The molecule has 0 saturated carbocycles. The van der Waals surface area contributed by atoms with Gasteiger partial charge in [0.2, 0.25) is 11.9 Å². The Morgan fingerprint density at radius 2 is 1.96 bits per heavy atom. The predicted molar refractivity (Wildman–Crippen MR) is 97.3 cm³/mol. The second-order valence-corrected chi connectivity index (χ2v) is 7.57. The molecule has 6 nitrogen and oxygen atoms in total. The van der Waals surface area contributed by atoms with E-state index in [1.165, 1.54) is 0 Å². The Hall–Kier alpha value is -1.50. The summed E-state index contributed by atoms with van der Waals surface area (Å²) in [6, 6.07) is 1.93. The number of carbonyl (C=O) groups excluding carboxylic acids is 1. The van der Waals surface area contributed by atoms with Gasteiger partial charge in [-0.15, -0.1) is 0 Å². The van der Waals surface area contributed by atoms with Crippen LogP contribution in [0.3, 0.4) is 0 Å². The molecule has 1 aromatic heterocycles. The molecule has 2 rings (SSSR count). The highest BCUT2D eigenvalue weighted by molar-refractivity contribution is 7.98. The van der Waals surface area contributed by atoms with Gasteiger partial charge in [-0.3, -0.25) is 4.79 Å². The molecule has 0 radical (unpaired) electrons. The molecule has 0 spiro atoms. The lowest BCUT2D eigenvalue weighted by Gasteiger charge is -2.39. The van der Waals surface area contributed by atoms with Crippen molar-refractivity contribution in [1.82, 2.24) is 14.9 Å². The molecule has 0 unspecified atom stereocenters. The fraction of sp³-hybridized carbons (Fsp3) is 0.688. The number of anilines is 2. The Morgan fingerprint density at radius 1 is 1.30 bits per heavy atom. The van der Waals surface area contributed by atoms with E-state index in [0.717, 1.165) is 37.7 Å². The number of amides is 1. The zero-order valence-electron chi connectivity index (χ0n) is 14.7. The van der Waals surface area contributed by atoms with Crippen LogP contribution in [0.1, 0.15) is 13.8 Å². The maximum absolute atomic E-state index is 12.7. The summed E-state index contributed by atoms with van der Waals surface area (Å²) >= 11 is 1.72. The Morgan fingerprint density at radius 3 is 2.52 bits per heavy atom. The molecule has 1 aliphatic heterocycles. The van der Waals surface area contributed by atoms with Crippen molar-refractivity contribution in [2.45, 2.75) is 13.8 Å². The van der Waals surface area contributed by atoms with Crippen LogP contribution in [0.2, 0.25) is 0 Å². The summed E-state index contributed by atoms with van der Waals surface area (Å²) in [7, 11) is 3.87. The first-order chi connectivity index (χ1) is 10.8. The lowest BCUT2D eigenvalue weighted by Crippen LogP contribution is -2.52. The van der Waals surface area contributed by atoms with E-state index >= 15 is 0 Å². The van der Waals surface area contributed by atoms with Crippen molar-refractivity contribution < 1.29 is 4.79 Å². The fourth-order valence-corrected chi connectivity index (χ4v) is 3.57. The highest BCUT2D eigenvalue weighted by atomic mass is 32.2. The average molecular weight is 337 g/mol. The summed E-state index contributed by atoms with van der Waals surface area (Å²) in [5.41, 5.74) is -0.297. The van der Waals surface area contributed by atoms with Gasteiger partial charge >= 0.3 is 0 Å². The molecule has 1 amide bonds. The maximum Gasteiger partial charge on any atom is 0.229 e. The average Bonchev–Trinajstić information content (AvgIpc) is 2.54. The molecule has 7 heteroatoms. The monoisotopic (exact) mass is 337 g/mol. The normalized spacial score (nSPS) is 15.7. The molecule has 1 aromatic rings. The first kappa shape index (κ1) is 17.8. The molecule has 0 atom stereocenters. The van der Waals surface area contributed by atoms with Crippen molar-refractivity contribution in [3.8, 4) is 0 Å². The van der Waals surface area contributed by atoms with Crippen molar-refractivity contribution in [2.75, 3.05) is 62.1 Å². The minimum atomic E-state index is -0.297. The van der Waals surface area contributed by atoms with Gasteiger partial charge in [0.25, 0.3) is 0 Å². The first-order valence-corrected chi connectivity index (χ1v) is 9.28. The third-order valence-electron chi connectivity index (χ3n) is 4.00. The van der Waals surface area contributed by atoms with Crippen LogP contribution in [0.25, 0.3) is 0 Å². The van der Waals surface area contributed by atoms with Gasteiger partial charge in [-0.05, 0) is 12.3 Å². The molecule has 0 N–H and O–H groups in total. The van der Waals surface area contributed by atoms with Crippen LogP contribution in [0.4, 0.5) is 11.8 Å². The SMILES string of the molecule is CSCC(C)(C)C(=O)N1CCN(c2ccnc(N(C)C)n2)CC1. The minimum absolute atomic E-state index is 0.253. The fourth-order valence-electron chi connectivity index (χ4n) is 2.72. The summed E-state index contributed by atoms with van der Waals surface area (Å²) in [5.74, 6) is 2.74. The Balaban J connectivity index is 1.99. The highest BCUT2D eigenvalue weighted by Gasteiger charge is 2.33. The number of carbonyl (C=O) groups is 1. The molecular formula is C16H27N5OS. The van der Waals surface area contributed by atoms with E-state index in [4.69, 9.17) is 0 Å². The molecule has 1 saturated heterocycles. The zero-order chi connectivity index (χ0) is 17.0. The Bertz CT molecular complexity index is 541.